The molecule has 2 aromatic rings. The molecule has 0 saturated carbocycles. The van der Waals surface area contributed by atoms with Crippen LogP contribution in [0.5, 0.6) is 0 Å². The Morgan fingerprint density at radius 2 is 1.35 bits per heavy atom. The summed E-state index contributed by atoms with van der Waals surface area (Å²) in [5.41, 5.74) is 4.11. The summed E-state index contributed by atoms with van der Waals surface area (Å²) in [6, 6.07) is 10.9. The molecule has 3 unspecified atom stereocenters. The van der Waals surface area contributed by atoms with E-state index in [9.17, 15) is 28.3 Å². The number of rotatable bonds is 24. The molecule has 0 fully saturated rings. The number of amides is 2. The van der Waals surface area contributed by atoms with Gasteiger partial charge in [-0.2, -0.15) is 4.58 Å². The SMILES string of the molecule is CCN1C(=CC=CC=CC2=[N+](CC)c3ccc(P(=O)(OC)OCC(=O)OC)cc3C2(C)C)C(C)(CCCCCC(=O)NCCNC(=O)OC(C)(C)C)c2cc(P(=O)(OC)OCC(=O)OC)ccc21. The molecule has 2 aromatic carbocycles. The van der Waals surface area contributed by atoms with Crippen LogP contribution in [0, 0.1) is 0 Å². The number of hydrogen-bond donors (Lipinski definition) is 2. The number of anilines is 1. The first-order chi connectivity index (χ1) is 32.1. The minimum Gasteiger partial charge on any atom is -0.467 e. The largest absolute Gasteiger partial charge is 0.467 e. The second-order valence-corrected chi connectivity index (χ2v) is 22.2. The van der Waals surface area contributed by atoms with Crippen molar-refractivity contribution in [3.05, 3.63) is 83.6 Å². The molecule has 0 bridgehead atoms. The zero-order valence-electron chi connectivity index (χ0n) is 41.7. The van der Waals surface area contributed by atoms with Crippen LogP contribution in [0.3, 0.4) is 0 Å². The van der Waals surface area contributed by atoms with Crippen LogP contribution in [0.4, 0.5) is 16.2 Å². The molecular formula is C49H71N4O13P2+. The lowest BCUT2D eigenvalue weighted by atomic mass is 9.77. The number of allylic oxidation sites excluding steroid dienone is 6. The summed E-state index contributed by atoms with van der Waals surface area (Å²) in [5.74, 6) is -1.46. The number of carbonyl (C=O) groups excluding carboxylic acids is 4. The van der Waals surface area contributed by atoms with Gasteiger partial charge >= 0.3 is 33.2 Å². The molecule has 0 aromatic heterocycles. The number of fused-ring (bicyclic) bond motifs is 2. The highest BCUT2D eigenvalue weighted by Crippen LogP contribution is 2.54. The summed E-state index contributed by atoms with van der Waals surface area (Å²) < 4.78 is 66.4. The van der Waals surface area contributed by atoms with Gasteiger partial charge in [0.05, 0.1) is 30.2 Å². The van der Waals surface area contributed by atoms with E-state index in [0.717, 1.165) is 46.8 Å². The van der Waals surface area contributed by atoms with E-state index in [1.54, 1.807) is 32.9 Å². The Hall–Kier alpha value is -4.89. The number of ether oxygens (including phenoxy) is 3. The Labute approximate surface area is 401 Å². The van der Waals surface area contributed by atoms with Gasteiger partial charge in [0.1, 0.15) is 12.1 Å². The van der Waals surface area contributed by atoms with Crippen LogP contribution in [-0.2, 0) is 66.6 Å². The summed E-state index contributed by atoms with van der Waals surface area (Å²) in [6.07, 6.45) is 12.8. The summed E-state index contributed by atoms with van der Waals surface area (Å²) in [4.78, 5) is 50.6. The van der Waals surface area contributed by atoms with Crippen molar-refractivity contribution in [2.75, 3.05) is 72.7 Å². The zero-order chi connectivity index (χ0) is 50.5. The van der Waals surface area contributed by atoms with Crippen molar-refractivity contribution in [2.24, 2.45) is 0 Å². The van der Waals surface area contributed by atoms with Crippen molar-refractivity contribution in [3.8, 4) is 0 Å². The number of methoxy groups -OCH3 is 2. The third-order valence-electron chi connectivity index (χ3n) is 11.9. The molecule has 374 valence electrons. The first-order valence-corrected chi connectivity index (χ1v) is 25.9. The number of benzene rings is 2. The fraction of sp³-hybridized carbons (Fsp3) is 0.531. The van der Waals surface area contributed by atoms with E-state index in [1.807, 2.05) is 42.5 Å². The first kappa shape index (κ1) is 55.7. The highest BCUT2D eigenvalue weighted by Gasteiger charge is 2.46. The van der Waals surface area contributed by atoms with Gasteiger partial charge in [-0.25, -0.2) is 14.4 Å². The molecule has 0 aliphatic carbocycles. The quantitative estimate of drug-likeness (QED) is 0.0258. The maximum absolute atomic E-state index is 14.0. The fourth-order valence-corrected chi connectivity index (χ4v) is 11.0. The van der Waals surface area contributed by atoms with E-state index in [4.69, 9.17) is 27.6 Å². The van der Waals surface area contributed by atoms with Gasteiger partial charge < -0.3 is 38.8 Å². The maximum atomic E-state index is 14.0. The molecule has 19 heteroatoms. The van der Waals surface area contributed by atoms with Crippen molar-refractivity contribution < 1.29 is 65.2 Å². The Kier molecular flexibility index (Phi) is 19.7. The van der Waals surface area contributed by atoms with Gasteiger partial charge in [-0.1, -0.05) is 31.1 Å². The fourth-order valence-electron chi connectivity index (χ4n) is 8.42. The van der Waals surface area contributed by atoms with Crippen molar-refractivity contribution >= 4 is 66.8 Å². The molecule has 2 N–H and O–H groups in total. The van der Waals surface area contributed by atoms with E-state index in [2.05, 4.69) is 71.6 Å². The van der Waals surface area contributed by atoms with Gasteiger partial charge in [0.2, 0.25) is 11.6 Å². The second kappa shape index (κ2) is 24.1. The average Bonchev–Trinajstić information content (AvgIpc) is 3.68. The van der Waals surface area contributed by atoms with E-state index in [-0.39, 0.29) is 19.0 Å². The van der Waals surface area contributed by atoms with Gasteiger partial charge in [-0.15, -0.1) is 0 Å². The standard InChI is InChI=1S/C49H70N4O13P2/c1-13-52-39-26-24-35(67(58,62-11)64-33-44(55)60-9)31-37(39)48(6,7)41(52)21-17-15-18-22-42-49(8,28-20-16-19-23-43(54)50-29-30-51-46(57)66-47(3,4)5)38-32-36(25-27-40(38)53(42)14-2)68(59,63-12)65-34-45(56)61-10/h15,17-18,21-22,24-27,31-32H,13-14,16,19-20,23,28-30,33-34H2,1-12H3,(H-,50,51,54,57)/p+1. The molecule has 4 rings (SSSR count). The third-order valence-corrected chi connectivity index (χ3v) is 15.6. The van der Waals surface area contributed by atoms with Crippen LogP contribution in [0.2, 0.25) is 0 Å². The lowest BCUT2D eigenvalue weighted by Gasteiger charge is -2.30. The van der Waals surface area contributed by atoms with E-state index >= 15 is 0 Å². The number of unbranched alkanes of at least 4 members (excludes halogenated alkanes) is 2. The summed E-state index contributed by atoms with van der Waals surface area (Å²) in [6.45, 7) is 16.6. The van der Waals surface area contributed by atoms with E-state index < -0.39 is 62.9 Å². The van der Waals surface area contributed by atoms with Crippen molar-refractivity contribution in [1.29, 1.82) is 0 Å². The van der Waals surface area contributed by atoms with Crippen LogP contribution in [-0.4, -0.2) is 108 Å². The molecule has 2 amide bonds. The predicted molar refractivity (Wildman–Crippen MR) is 263 cm³/mol. The second-order valence-electron chi connectivity index (χ2n) is 17.9. The molecule has 2 aliphatic rings. The Morgan fingerprint density at radius 1 is 0.765 bits per heavy atom. The minimum absolute atomic E-state index is 0.106. The number of nitrogens with one attached hydrogen (secondary N) is 2. The minimum atomic E-state index is -3.92. The van der Waals surface area contributed by atoms with E-state index in [0.29, 0.717) is 43.0 Å². The Bertz CT molecular complexity index is 2390. The molecule has 0 radical (unpaired) electrons. The number of nitrogens with zero attached hydrogens (tertiary/aromatic N) is 2. The van der Waals surface area contributed by atoms with E-state index in [1.165, 1.54) is 28.4 Å². The van der Waals surface area contributed by atoms with Crippen LogP contribution in [0.1, 0.15) is 98.6 Å². The van der Waals surface area contributed by atoms with Crippen molar-refractivity contribution in [1.82, 2.24) is 10.6 Å². The number of hydrogen-bond acceptors (Lipinski definition) is 14. The van der Waals surface area contributed by atoms with Crippen LogP contribution in [0.25, 0.3) is 0 Å². The number of esters is 2. The third kappa shape index (κ3) is 13.5. The highest BCUT2D eigenvalue weighted by molar-refractivity contribution is 7.62. The number of likely N-dealkylation sites (N-methyl/N-ethyl adjacent to an activating group) is 1. The van der Waals surface area contributed by atoms with Gasteiger partial charge in [0.25, 0.3) is 0 Å². The maximum Gasteiger partial charge on any atom is 0.407 e. The molecule has 0 saturated heterocycles. The molecule has 2 aliphatic heterocycles. The van der Waals surface area contributed by atoms with Crippen LogP contribution < -0.4 is 26.1 Å². The summed E-state index contributed by atoms with van der Waals surface area (Å²) in [5, 5.41) is 6.14. The average molecular weight is 986 g/mol. The first-order valence-electron chi connectivity index (χ1n) is 22.8. The van der Waals surface area contributed by atoms with Gasteiger partial charge in [-0.05, 0) is 110 Å². The number of alkyl carbamates (subject to hydrolysis) is 1. The smallest absolute Gasteiger partial charge is 0.407 e. The molecule has 2 heterocycles. The Balaban J connectivity index is 1.59. The normalized spacial score (nSPS) is 18.9. The summed E-state index contributed by atoms with van der Waals surface area (Å²) in [7, 11) is -2.73. The Morgan fingerprint density at radius 3 is 1.91 bits per heavy atom. The zero-order valence-corrected chi connectivity index (χ0v) is 43.5. The van der Waals surface area contributed by atoms with Crippen molar-refractivity contribution in [2.45, 2.75) is 104 Å². The highest BCUT2D eigenvalue weighted by atomic mass is 31.2. The molecule has 3 atom stereocenters. The number of carbonyl (C=O) groups is 4. The lowest BCUT2D eigenvalue weighted by Crippen LogP contribution is -2.37. The molecule has 0 spiro atoms. The molecular weight excluding hydrogens is 915 g/mol. The van der Waals surface area contributed by atoms with Crippen LogP contribution in [0.15, 0.2) is 72.5 Å². The lowest BCUT2D eigenvalue weighted by molar-refractivity contribution is -0.433. The van der Waals surface area contributed by atoms with Crippen molar-refractivity contribution in [3.63, 3.8) is 0 Å². The topological polar surface area (TPSA) is 197 Å². The molecule has 17 nitrogen and oxygen atoms in total. The molecule has 68 heavy (non-hydrogen) atoms. The van der Waals surface area contributed by atoms with Gasteiger partial charge in [0, 0.05) is 74.8 Å². The van der Waals surface area contributed by atoms with Gasteiger partial charge in [-0.3, -0.25) is 23.0 Å². The van der Waals surface area contributed by atoms with Crippen LogP contribution >= 0.6 is 15.2 Å². The monoisotopic (exact) mass is 985 g/mol. The predicted octanol–water partition coefficient (Wildman–Crippen LogP) is 7.78. The summed E-state index contributed by atoms with van der Waals surface area (Å²) >= 11 is 0. The van der Waals surface area contributed by atoms with Gasteiger partial charge in [0.15, 0.2) is 18.9 Å².